The van der Waals surface area contributed by atoms with Crippen molar-refractivity contribution >= 4 is 44.8 Å². The Hall–Kier alpha value is -1.59. The molecule has 1 aromatic carbocycles. The molecule has 0 radical (unpaired) electrons. The number of nitrogens with one attached hydrogen (secondary N) is 2. The Morgan fingerprint density at radius 2 is 2.25 bits per heavy atom. The van der Waals surface area contributed by atoms with Gasteiger partial charge in [0.25, 0.3) is 0 Å². The largest absolute Gasteiger partial charge is 0.384 e. The fourth-order valence-electron chi connectivity index (χ4n) is 2.24. The van der Waals surface area contributed by atoms with E-state index in [9.17, 15) is 4.79 Å². The van der Waals surface area contributed by atoms with E-state index in [4.69, 9.17) is 11.6 Å². The summed E-state index contributed by atoms with van der Waals surface area (Å²) in [6.45, 7) is 0.605. The summed E-state index contributed by atoms with van der Waals surface area (Å²) in [6, 6.07) is 9.57. The molecule has 1 unspecified atom stereocenters. The van der Waals surface area contributed by atoms with Crippen molar-refractivity contribution in [3.63, 3.8) is 0 Å². The molecular weight excluding hydrogens is 342 g/mol. The smallest absolute Gasteiger partial charge is 0.233 e. The average molecular weight is 353 g/mol. The third-order valence-electron chi connectivity index (χ3n) is 3.21. The lowest BCUT2D eigenvalue weighted by atomic mass is 10.0. The number of para-hydroxylation sites is 1. The van der Waals surface area contributed by atoms with E-state index in [-0.39, 0.29) is 11.8 Å². The second-order valence-corrected chi connectivity index (χ2v) is 5.72. The Balaban J connectivity index is 1.79. The van der Waals surface area contributed by atoms with Crippen LogP contribution in [0.5, 0.6) is 0 Å². The van der Waals surface area contributed by atoms with Gasteiger partial charge in [0.1, 0.15) is 5.15 Å². The summed E-state index contributed by atoms with van der Waals surface area (Å²) < 4.78 is 0.655. The van der Waals surface area contributed by atoms with E-state index >= 15 is 0 Å². The van der Waals surface area contributed by atoms with Gasteiger partial charge in [0.05, 0.1) is 22.3 Å². The van der Waals surface area contributed by atoms with Crippen molar-refractivity contribution in [2.75, 3.05) is 17.2 Å². The lowest BCUT2D eigenvalue weighted by Gasteiger charge is -2.11. The number of hydrogen-bond acceptors (Lipinski definition) is 3. The summed E-state index contributed by atoms with van der Waals surface area (Å²) in [5.74, 6) is -0.251. The molecule has 0 aliphatic carbocycles. The molecule has 0 saturated heterocycles. The van der Waals surface area contributed by atoms with Crippen molar-refractivity contribution in [2.24, 2.45) is 0 Å². The molecule has 1 amide bonds. The maximum absolute atomic E-state index is 12.3. The standard InChI is InChI=1S/C14H11BrClN3O/c15-11-5-8(6-18-13(11)16)19-14(20)10-7-17-12-4-2-1-3-9(10)12/h1-6,10,17H,7H2,(H,19,20). The Morgan fingerprint density at radius 1 is 1.45 bits per heavy atom. The van der Waals surface area contributed by atoms with Gasteiger partial charge in [0.15, 0.2) is 0 Å². The third kappa shape index (κ3) is 2.51. The van der Waals surface area contributed by atoms with Gasteiger partial charge in [0.2, 0.25) is 5.91 Å². The van der Waals surface area contributed by atoms with Crippen molar-refractivity contribution in [2.45, 2.75) is 5.92 Å². The molecule has 1 aliphatic rings. The Morgan fingerprint density at radius 3 is 3.05 bits per heavy atom. The SMILES string of the molecule is O=C(Nc1cnc(Cl)c(Br)c1)C1CNc2ccccc21. The first-order chi connectivity index (χ1) is 9.65. The van der Waals surface area contributed by atoms with Crippen LogP contribution in [0.1, 0.15) is 11.5 Å². The molecule has 1 aliphatic heterocycles. The average Bonchev–Trinajstić information content (AvgIpc) is 2.87. The van der Waals surface area contributed by atoms with Crippen molar-refractivity contribution in [3.8, 4) is 0 Å². The maximum Gasteiger partial charge on any atom is 0.233 e. The number of carbonyl (C=O) groups is 1. The first-order valence-corrected chi connectivity index (χ1v) is 7.27. The molecule has 2 heterocycles. The lowest BCUT2D eigenvalue weighted by molar-refractivity contribution is -0.117. The molecule has 1 atom stereocenters. The number of halogens is 2. The van der Waals surface area contributed by atoms with Gasteiger partial charge >= 0.3 is 0 Å². The topological polar surface area (TPSA) is 54.0 Å². The van der Waals surface area contributed by atoms with Crippen LogP contribution in [0.25, 0.3) is 0 Å². The molecule has 20 heavy (non-hydrogen) atoms. The number of aromatic nitrogens is 1. The molecule has 0 spiro atoms. The van der Waals surface area contributed by atoms with Crippen molar-refractivity contribution < 1.29 is 4.79 Å². The number of amides is 1. The van der Waals surface area contributed by atoms with Crippen LogP contribution in [0.2, 0.25) is 5.15 Å². The normalized spacial score (nSPS) is 16.4. The van der Waals surface area contributed by atoms with Crippen molar-refractivity contribution in [3.05, 3.63) is 51.7 Å². The van der Waals surface area contributed by atoms with Gasteiger partial charge in [-0.1, -0.05) is 29.8 Å². The highest BCUT2D eigenvalue weighted by Gasteiger charge is 2.28. The van der Waals surface area contributed by atoms with Gasteiger partial charge in [-0.05, 0) is 33.6 Å². The van der Waals surface area contributed by atoms with Gasteiger partial charge in [-0.15, -0.1) is 0 Å². The predicted octanol–water partition coefficient (Wildman–Crippen LogP) is 3.65. The van der Waals surface area contributed by atoms with Crippen LogP contribution in [-0.2, 0) is 4.79 Å². The monoisotopic (exact) mass is 351 g/mol. The van der Waals surface area contributed by atoms with Crippen LogP contribution in [0.3, 0.4) is 0 Å². The molecule has 2 aromatic rings. The highest BCUT2D eigenvalue weighted by Crippen LogP contribution is 2.32. The van der Waals surface area contributed by atoms with Gasteiger partial charge in [0, 0.05) is 12.2 Å². The summed E-state index contributed by atoms with van der Waals surface area (Å²) in [5.41, 5.74) is 2.66. The molecule has 0 saturated carbocycles. The zero-order valence-corrected chi connectivity index (χ0v) is 12.7. The molecule has 6 heteroatoms. The van der Waals surface area contributed by atoms with Gasteiger partial charge in [-0.3, -0.25) is 4.79 Å². The summed E-state index contributed by atoms with van der Waals surface area (Å²) in [7, 11) is 0. The van der Waals surface area contributed by atoms with Crippen molar-refractivity contribution in [1.82, 2.24) is 4.98 Å². The van der Waals surface area contributed by atoms with E-state index in [1.165, 1.54) is 0 Å². The number of benzene rings is 1. The highest BCUT2D eigenvalue weighted by atomic mass is 79.9. The van der Waals surface area contributed by atoms with E-state index < -0.39 is 0 Å². The van der Waals surface area contributed by atoms with Crippen LogP contribution >= 0.6 is 27.5 Å². The van der Waals surface area contributed by atoms with Crippen LogP contribution in [0, 0.1) is 0 Å². The maximum atomic E-state index is 12.3. The summed E-state index contributed by atoms with van der Waals surface area (Å²) in [5, 5.41) is 6.46. The minimum absolute atomic E-state index is 0.0570. The number of rotatable bonds is 2. The van der Waals surface area contributed by atoms with Gasteiger partial charge in [-0.25, -0.2) is 4.98 Å². The molecule has 4 nitrogen and oxygen atoms in total. The molecule has 3 rings (SSSR count). The Labute approximate surface area is 129 Å². The zero-order valence-electron chi connectivity index (χ0n) is 10.4. The van der Waals surface area contributed by atoms with E-state index in [1.54, 1.807) is 12.3 Å². The summed E-state index contributed by atoms with van der Waals surface area (Å²) >= 11 is 9.12. The Bertz CT molecular complexity index is 677. The Kier molecular flexibility index (Phi) is 3.63. The van der Waals surface area contributed by atoms with Gasteiger partial charge < -0.3 is 10.6 Å². The highest BCUT2D eigenvalue weighted by molar-refractivity contribution is 9.10. The van der Waals surface area contributed by atoms with E-state index in [0.29, 0.717) is 21.9 Å². The van der Waals surface area contributed by atoms with E-state index in [2.05, 4.69) is 31.5 Å². The second-order valence-electron chi connectivity index (χ2n) is 4.51. The number of anilines is 2. The van der Waals surface area contributed by atoms with Crippen LogP contribution < -0.4 is 10.6 Å². The second kappa shape index (κ2) is 5.42. The molecule has 1 aromatic heterocycles. The number of nitrogens with zero attached hydrogens (tertiary/aromatic N) is 1. The number of carbonyl (C=O) groups excluding carboxylic acids is 1. The van der Waals surface area contributed by atoms with Crippen LogP contribution in [0.4, 0.5) is 11.4 Å². The van der Waals surface area contributed by atoms with Crippen LogP contribution in [0.15, 0.2) is 41.0 Å². The third-order valence-corrected chi connectivity index (χ3v) is 4.35. The van der Waals surface area contributed by atoms with Crippen molar-refractivity contribution in [1.29, 1.82) is 0 Å². The number of fused-ring (bicyclic) bond motifs is 1. The zero-order chi connectivity index (χ0) is 14.1. The quantitative estimate of drug-likeness (QED) is 0.811. The summed E-state index contributed by atoms with van der Waals surface area (Å²) in [4.78, 5) is 16.3. The minimum Gasteiger partial charge on any atom is -0.384 e. The van der Waals surface area contributed by atoms with Crippen LogP contribution in [-0.4, -0.2) is 17.4 Å². The first-order valence-electron chi connectivity index (χ1n) is 6.10. The molecular formula is C14H11BrClN3O. The van der Waals surface area contributed by atoms with Gasteiger partial charge in [-0.2, -0.15) is 0 Å². The predicted molar refractivity (Wildman–Crippen MR) is 83.2 cm³/mol. The van der Waals surface area contributed by atoms with E-state index in [1.807, 2.05) is 24.3 Å². The number of hydrogen-bond donors (Lipinski definition) is 2. The lowest BCUT2D eigenvalue weighted by Crippen LogP contribution is -2.22. The van der Waals surface area contributed by atoms with E-state index in [0.717, 1.165) is 11.3 Å². The molecule has 0 fully saturated rings. The molecule has 0 bridgehead atoms. The fraction of sp³-hybridized carbons (Fsp3) is 0.143. The summed E-state index contributed by atoms with van der Waals surface area (Å²) in [6.07, 6.45) is 1.54. The number of pyridine rings is 1. The molecule has 102 valence electrons. The molecule has 2 N–H and O–H groups in total. The minimum atomic E-state index is -0.194. The fourth-order valence-corrected chi connectivity index (χ4v) is 2.69. The first kappa shape index (κ1) is 13.4.